The first-order valence-electron chi connectivity index (χ1n) is 6.01. The van der Waals surface area contributed by atoms with Crippen LogP contribution < -0.4 is 0 Å². The molecular weight excluding hydrogens is 212 g/mol. The highest BCUT2D eigenvalue weighted by Gasteiger charge is 2.12. The average Bonchev–Trinajstić information content (AvgIpc) is 2.28. The van der Waals surface area contributed by atoms with E-state index in [1.807, 2.05) is 6.08 Å². The van der Waals surface area contributed by atoms with Gasteiger partial charge in [0.05, 0.1) is 12.9 Å². The molecule has 1 N–H and O–H groups in total. The fourth-order valence-corrected chi connectivity index (χ4v) is 1.51. The van der Waals surface area contributed by atoms with Crippen molar-refractivity contribution in [2.24, 2.45) is 0 Å². The molecule has 0 unspecified atom stereocenters. The van der Waals surface area contributed by atoms with E-state index in [1.54, 1.807) is 6.26 Å². The van der Waals surface area contributed by atoms with Gasteiger partial charge in [-0.15, -0.1) is 0 Å². The Morgan fingerprint density at radius 2 is 1.82 bits per heavy atom. The molecule has 94 valence electrons. The van der Waals surface area contributed by atoms with Crippen molar-refractivity contribution in [2.45, 2.75) is 32.6 Å². The van der Waals surface area contributed by atoms with Gasteiger partial charge in [-0.25, -0.2) is 0 Å². The minimum atomic E-state index is 0.0601. The highest BCUT2D eigenvalue weighted by atomic mass is 16.5. The molecule has 0 aromatic heterocycles. The maximum absolute atomic E-state index is 8.53. The normalized spacial score (nSPS) is 12.0. The molecule has 2 heteroatoms. The third-order valence-electron chi connectivity index (χ3n) is 2.58. The molecule has 0 atom stereocenters. The van der Waals surface area contributed by atoms with Crippen molar-refractivity contribution < 1.29 is 9.84 Å². The second-order valence-corrected chi connectivity index (χ2v) is 5.12. The number of aliphatic hydroxyl groups excluding tert-OH is 1. The Kier molecular flexibility index (Phi) is 5.23. The maximum atomic E-state index is 8.53. The van der Waals surface area contributed by atoms with Gasteiger partial charge in [0.15, 0.2) is 0 Å². The number of aliphatic hydroxyl groups is 1. The second kappa shape index (κ2) is 6.45. The molecule has 0 aliphatic carbocycles. The fourth-order valence-electron chi connectivity index (χ4n) is 1.51. The Morgan fingerprint density at radius 3 is 2.35 bits per heavy atom. The predicted molar refractivity (Wildman–Crippen MR) is 71.0 cm³/mol. The molecule has 2 nitrogen and oxygen atoms in total. The molecule has 0 spiro atoms. The first-order valence-corrected chi connectivity index (χ1v) is 6.01. The summed E-state index contributed by atoms with van der Waals surface area (Å²) in [6.07, 6.45) is 4.46. The summed E-state index contributed by atoms with van der Waals surface area (Å²) in [5, 5.41) is 8.53. The van der Waals surface area contributed by atoms with Gasteiger partial charge in [-0.3, -0.25) is 0 Å². The number of benzene rings is 1. The molecule has 0 heterocycles. The van der Waals surface area contributed by atoms with Gasteiger partial charge in [-0.1, -0.05) is 45.0 Å². The molecule has 0 fully saturated rings. The van der Waals surface area contributed by atoms with E-state index in [4.69, 9.17) is 9.84 Å². The lowest BCUT2D eigenvalue weighted by Crippen LogP contribution is -2.10. The minimum Gasteiger partial charge on any atom is -0.499 e. The van der Waals surface area contributed by atoms with Crippen LogP contribution in [0.3, 0.4) is 0 Å². The third kappa shape index (κ3) is 5.05. The van der Waals surface area contributed by atoms with Crippen molar-refractivity contribution in [2.75, 3.05) is 13.2 Å². The van der Waals surface area contributed by atoms with Gasteiger partial charge < -0.3 is 9.84 Å². The van der Waals surface area contributed by atoms with Gasteiger partial charge in [0.2, 0.25) is 0 Å². The van der Waals surface area contributed by atoms with Gasteiger partial charge in [0, 0.05) is 0 Å². The largest absolute Gasteiger partial charge is 0.499 e. The molecule has 0 bridgehead atoms. The highest BCUT2D eigenvalue weighted by molar-refractivity contribution is 5.28. The van der Waals surface area contributed by atoms with Gasteiger partial charge in [-0.05, 0) is 29.0 Å². The predicted octanol–water partition coefficient (Wildman–Crippen LogP) is 3.05. The number of hydrogen-bond donors (Lipinski definition) is 1. The SMILES string of the molecule is CC(C)(C)c1ccc(C/C=C\OCCO)cc1. The molecule has 17 heavy (non-hydrogen) atoms. The topological polar surface area (TPSA) is 29.5 Å². The summed E-state index contributed by atoms with van der Waals surface area (Å²) in [6.45, 7) is 7.06. The lowest BCUT2D eigenvalue weighted by atomic mass is 9.86. The van der Waals surface area contributed by atoms with Crippen LogP contribution in [0, 0.1) is 0 Å². The number of rotatable bonds is 5. The Labute approximate surface area is 104 Å². The summed E-state index contributed by atoms with van der Waals surface area (Å²) in [5.41, 5.74) is 2.82. The van der Waals surface area contributed by atoms with E-state index in [9.17, 15) is 0 Å². The van der Waals surface area contributed by atoms with Gasteiger partial charge >= 0.3 is 0 Å². The molecule has 0 saturated heterocycles. The van der Waals surface area contributed by atoms with E-state index in [0.29, 0.717) is 6.61 Å². The highest BCUT2D eigenvalue weighted by Crippen LogP contribution is 2.22. The molecule has 0 amide bonds. The molecule has 0 saturated carbocycles. The second-order valence-electron chi connectivity index (χ2n) is 5.12. The van der Waals surface area contributed by atoms with Crippen molar-refractivity contribution in [3.63, 3.8) is 0 Å². The van der Waals surface area contributed by atoms with Crippen molar-refractivity contribution in [1.82, 2.24) is 0 Å². The van der Waals surface area contributed by atoms with Crippen LogP contribution in [0.25, 0.3) is 0 Å². The monoisotopic (exact) mass is 234 g/mol. The van der Waals surface area contributed by atoms with Crippen molar-refractivity contribution in [3.05, 3.63) is 47.7 Å². The maximum Gasteiger partial charge on any atom is 0.110 e. The molecule has 1 rings (SSSR count). The zero-order valence-corrected chi connectivity index (χ0v) is 10.9. The molecule has 0 aliphatic rings. The number of allylic oxidation sites excluding steroid dienone is 1. The lowest BCUT2D eigenvalue weighted by molar-refractivity contribution is 0.165. The van der Waals surface area contributed by atoms with Crippen LogP contribution in [0.5, 0.6) is 0 Å². The Bertz CT molecular complexity index is 344. The fraction of sp³-hybridized carbons (Fsp3) is 0.467. The smallest absolute Gasteiger partial charge is 0.110 e. The summed E-state index contributed by atoms with van der Waals surface area (Å²) < 4.78 is 5.05. The summed E-state index contributed by atoms with van der Waals surface area (Å²) in [5.74, 6) is 0. The molecule has 0 aliphatic heterocycles. The van der Waals surface area contributed by atoms with E-state index in [1.165, 1.54) is 11.1 Å². The number of ether oxygens (including phenoxy) is 1. The summed E-state index contributed by atoms with van der Waals surface area (Å²) in [7, 11) is 0. The molecule has 0 radical (unpaired) electrons. The van der Waals surface area contributed by atoms with Crippen LogP contribution in [0.15, 0.2) is 36.6 Å². The van der Waals surface area contributed by atoms with Crippen molar-refractivity contribution in [3.8, 4) is 0 Å². The van der Waals surface area contributed by atoms with Crippen LogP contribution in [0.4, 0.5) is 0 Å². The van der Waals surface area contributed by atoms with Crippen LogP contribution in [0.2, 0.25) is 0 Å². The zero-order valence-electron chi connectivity index (χ0n) is 10.9. The average molecular weight is 234 g/mol. The van der Waals surface area contributed by atoms with Crippen LogP contribution in [0.1, 0.15) is 31.9 Å². The summed E-state index contributed by atoms with van der Waals surface area (Å²) >= 11 is 0. The third-order valence-corrected chi connectivity index (χ3v) is 2.58. The summed E-state index contributed by atoms with van der Waals surface area (Å²) in [6, 6.07) is 8.66. The first kappa shape index (κ1) is 13.8. The van der Waals surface area contributed by atoms with E-state index in [-0.39, 0.29) is 12.0 Å². The van der Waals surface area contributed by atoms with Crippen molar-refractivity contribution in [1.29, 1.82) is 0 Å². The molecule has 1 aromatic rings. The summed E-state index contributed by atoms with van der Waals surface area (Å²) in [4.78, 5) is 0. The van der Waals surface area contributed by atoms with Gasteiger partial charge in [0.25, 0.3) is 0 Å². The lowest BCUT2D eigenvalue weighted by Gasteiger charge is -2.18. The van der Waals surface area contributed by atoms with Crippen molar-refractivity contribution >= 4 is 0 Å². The Morgan fingerprint density at radius 1 is 1.18 bits per heavy atom. The van der Waals surface area contributed by atoms with Gasteiger partial charge in [0.1, 0.15) is 6.61 Å². The Hall–Kier alpha value is -1.28. The van der Waals surface area contributed by atoms with Crippen LogP contribution in [-0.4, -0.2) is 18.3 Å². The van der Waals surface area contributed by atoms with Gasteiger partial charge in [-0.2, -0.15) is 0 Å². The van der Waals surface area contributed by atoms with E-state index in [2.05, 4.69) is 45.0 Å². The zero-order chi connectivity index (χ0) is 12.7. The van der Waals surface area contributed by atoms with E-state index < -0.39 is 0 Å². The quantitative estimate of drug-likeness (QED) is 0.627. The van der Waals surface area contributed by atoms with Crippen LogP contribution >= 0.6 is 0 Å². The standard InChI is InChI=1S/C15H22O2/c1-15(2,3)14-8-6-13(7-9-14)5-4-11-17-12-10-16/h4,6-9,11,16H,5,10,12H2,1-3H3/b11-4-. The van der Waals surface area contributed by atoms with Crippen LogP contribution in [-0.2, 0) is 16.6 Å². The van der Waals surface area contributed by atoms with E-state index >= 15 is 0 Å². The molecule has 1 aromatic carbocycles. The Balaban J connectivity index is 2.49. The van der Waals surface area contributed by atoms with E-state index in [0.717, 1.165) is 6.42 Å². The minimum absolute atomic E-state index is 0.0601. The first-order chi connectivity index (χ1) is 8.04. The molecular formula is C15H22O2. The number of hydrogen-bond acceptors (Lipinski definition) is 2.